The van der Waals surface area contributed by atoms with Crippen LogP contribution in [0.3, 0.4) is 0 Å². The number of hydrogen-bond acceptors (Lipinski definition) is 5. The molecular weight excluding hydrogens is 418 g/mol. The Balaban J connectivity index is 1.79. The van der Waals surface area contributed by atoms with Crippen LogP contribution in [0.15, 0.2) is 54.6 Å². The van der Waals surface area contributed by atoms with E-state index in [2.05, 4.69) is 18.3 Å². The van der Waals surface area contributed by atoms with Crippen LogP contribution in [-0.4, -0.2) is 25.6 Å². The fourth-order valence-electron chi connectivity index (χ4n) is 3.45. The summed E-state index contributed by atoms with van der Waals surface area (Å²) in [6.45, 7) is 8.82. The van der Waals surface area contributed by atoms with Gasteiger partial charge in [-0.2, -0.15) is 0 Å². The molecule has 3 aromatic carbocycles. The minimum absolute atomic E-state index is 0.271. The molecule has 0 aliphatic heterocycles. The Morgan fingerprint density at radius 2 is 1.55 bits per heavy atom. The molecule has 3 rings (SSSR count). The zero-order valence-corrected chi connectivity index (χ0v) is 19.7. The van der Waals surface area contributed by atoms with Crippen LogP contribution < -0.4 is 14.8 Å². The first-order valence-corrected chi connectivity index (χ1v) is 10.8. The molecule has 0 saturated carbocycles. The first kappa shape index (κ1) is 23.9. The van der Waals surface area contributed by atoms with Crippen LogP contribution in [0.5, 0.6) is 11.5 Å². The number of aryl methyl sites for hydroxylation is 2. The Morgan fingerprint density at radius 3 is 2.21 bits per heavy atom. The van der Waals surface area contributed by atoms with Crippen LogP contribution in [0.2, 0.25) is 0 Å². The molecule has 3 aromatic rings. The number of esters is 1. The molecule has 0 aliphatic rings. The van der Waals surface area contributed by atoms with Gasteiger partial charge in [0.05, 0.1) is 19.3 Å². The number of hydrogen-bond donors (Lipinski definition) is 1. The highest BCUT2D eigenvalue weighted by atomic mass is 16.5. The molecule has 1 amide bonds. The molecule has 33 heavy (non-hydrogen) atoms. The predicted octanol–water partition coefficient (Wildman–Crippen LogP) is 5.63. The van der Waals surface area contributed by atoms with Crippen molar-refractivity contribution in [2.75, 3.05) is 19.0 Å². The van der Waals surface area contributed by atoms with Gasteiger partial charge in [-0.05, 0) is 92.9 Å². The SMILES string of the molecule is CCOc1ccc(C(=O)Nc2ccc(C(=O)OC)cc2)cc1COc1cc(C)cc(C)c1C. The van der Waals surface area contributed by atoms with Crippen molar-refractivity contribution in [3.8, 4) is 11.5 Å². The number of methoxy groups -OCH3 is 1. The number of ether oxygens (including phenoxy) is 3. The third-order valence-corrected chi connectivity index (χ3v) is 5.33. The van der Waals surface area contributed by atoms with Crippen molar-refractivity contribution in [2.45, 2.75) is 34.3 Å². The largest absolute Gasteiger partial charge is 0.493 e. The predicted molar refractivity (Wildman–Crippen MR) is 128 cm³/mol. The summed E-state index contributed by atoms with van der Waals surface area (Å²) in [5, 5.41) is 2.85. The quantitative estimate of drug-likeness (QED) is 0.453. The molecule has 6 nitrogen and oxygen atoms in total. The van der Waals surface area contributed by atoms with Gasteiger partial charge >= 0.3 is 5.97 Å². The topological polar surface area (TPSA) is 73.9 Å². The number of anilines is 1. The maximum absolute atomic E-state index is 12.8. The third-order valence-electron chi connectivity index (χ3n) is 5.33. The van der Waals surface area contributed by atoms with E-state index in [1.54, 1.807) is 42.5 Å². The Labute approximate surface area is 194 Å². The van der Waals surface area contributed by atoms with Crippen molar-refractivity contribution >= 4 is 17.6 Å². The molecule has 6 heteroatoms. The molecule has 0 saturated heterocycles. The zero-order chi connectivity index (χ0) is 24.0. The number of amides is 1. The van der Waals surface area contributed by atoms with E-state index < -0.39 is 5.97 Å². The van der Waals surface area contributed by atoms with Gasteiger partial charge in [-0.15, -0.1) is 0 Å². The summed E-state index contributed by atoms with van der Waals surface area (Å²) in [6, 6.07) is 15.9. The van der Waals surface area contributed by atoms with Gasteiger partial charge in [0.25, 0.3) is 5.91 Å². The number of rotatable bonds is 8. The van der Waals surface area contributed by atoms with Crippen LogP contribution in [0.25, 0.3) is 0 Å². The van der Waals surface area contributed by atoms with Crippen molar-refractivity contribution in [1.29, 1.82) is 0 Å². The van der Waals surface area contributed by atoms with E-state index in [0.717, 1.165) is 22.4 Å². The van der Waals surface area contributed by atoms with Gasteiger partial charge in [0.15, 0.2) is 0 Å². The first-order chi connectivity index (χ1) is 15.8. The second-order valence-corrected chi connectivity index (χ2v) is 7.77. The van der Waals surface area contributed by atoms with Crippen molar-refractivity contribution < 1.29 is 23.8 Å². The van der Waals surface area contributed by atoms with Gasteiger partial charge < -0.3 is 19.5 Å². The molecule has 0 spiro atoms. The van der Waals surface area contributed by atoms with E-state index in [-0.39, 0.29) is 12.5 Å². The lowest BCUT2D eigenvalue weighted by Crippen LogP contribution is -2.13. The lowest BCUT2D eigenvalue weighted by Gasteiger charge is -2.16. The van der Waals surface area contributed by atoms with E-state index in [1.807, 2.05) is 26.8 Å². The smallest absolute Gasteiger partial charge is 0.337 e. The van der Waals surface area contributed by atoms with Crippen LogP contribution >= 0.6 is 0 Å². The van der Waals surface area contributed by atoms with Crippen molar-refractivity contribution in [1.82, 2.24) is 0 Å². The molecule has 172 valence electrons. The van der Waals surface area contributed by atoms with Crippen LogP contribution in [0, 0.1) is 20.8 Å². The summed E-state index contributed by atoms with van der Waals surface area (Å²) in [7, 11) is 1.33. The fraction of sp³-hybridized carbons (Fsp3) is 0.259. The Kier molecular flexibility index (Phi) is 7.72. The summed E-state index contributed by atoms with van der Waals surface area (Å²) in [5.41, 5.74) is 5.63. The molecule has 0 bridgehead atoms. The number of carbonyl (C=O) groups excluding carboxylic acids is 2. The summed E-state index contributed by atoms with van der Waals surface area (Å²) < 4.78 is 16.6. The molecule has 0 fully saturated rings. The van der Waals surface area contributed by atoms with E-state index in [9.17, 15) is 9.59 Å². The maximum atomic E-state index is 12.8. The summed E-state index contributed by atoms with van der Waals surface area (Å²) in [4.78, 5) is 24.4. The van der Waals surface area contributed by atoms with Gasteiger partial charge in [0.1, 0.15) is 18.1 Å². The summed E-state index contributed by atoms with van der Waals surface area (Å²) in [6.07, 6.45) is 0. The third kappa shape index (κ3) is 5.92. The van der Waals surface area contributed by atoms with Crippen LogP contribution in [0.4, 0.5) is 5.69 Å². The monoisotopic (exact) mass is 447 g/mol. The van der Waals surface area contributed by atoms with Crippen molar-refractivity contribution in [2.24, 2.45) is 0 Å². The first-order valence-electron chi connectivity index (χ1n) is 10.8. The average Bonchev–Trinajstić information content (AvgIpc) is 2.81. The van der Waals surface area contributed by atoms with E-state index >= 15 is 0 Å². The Hall–Kier alpha value is -3.80. The van der Waals surface area contributed by atoms with Gasteiger partial charge in [-0.25, -0.2) is 4.79 Å². The molecule has 0 aromatic heterocycles. The van der Waals surface area contributed by atoms with Crippen molar-refractivity contribution in [3.05, 3.63) is 88.0 Å². The van der Waals surface area contributed by atoms with Gasteiger partial charge in [-0.3, -0.25) is 4.79 Å². The van der Waals surface area contributed by atoms with Gasteiger partial charge in [0, 0.05) is 16.8 Å². The number of benzene rings is 3. The second-order valence-electron chi connectivity index (χ2n) is 7.77. The molecule has 1 N–H and O–H groups in total. The molecule has 0 aliphatic carbocycles. The molecule has 0 unspecified atom stereocenters. The average molecular weight is 448 g/mol. The maximum Gasteiger partial charge on any atom is 0.337 e. The fourth-order valence-corrected chi connectivity index (χ4v) is 3.45. The highest BCUT2D eigenvalue weighted by Crippen LogP contribution is 2.27. The zero-order valence-electron chi connectivity index (χ0n) is 19.7. The van der Waals surface area contributed by atoms with Crippen LogP contribution in [-0.2, 0) is 11.3 Å². The minimum Gasteiger partial charge on any atom is -0.493 e. The normalized spacial score (nSPS) is 10.5. The molecule has 0 atom stereocenters. The van der Waals surface area contributed by atoms with E-state index in [0.29, 0.717) is 29.2 Å². The highest BCUT2D eigenvalue weighted by Gasteiger charge is 2.13. The lowest BCUT2D eigenvalue weighted by molar-refractivity contribution is 0.0600. The Morgan fingerprint density at radius 1 is 0.848 bits per heavy atom. The second kappa shape index (κ2) is 10.7. The summed E-state index contributed by atoms with van der Waals surface area (Å²) >= 11 is 0. The molecule has 0 heterocycles. The van der Waals surface area contributed by atoms with Gasteiger partial charge in [-0.1, -0.05) is 6.07 Å². The molecular formula is C27H29NO5. The number of carbonyl (C=O) groups is 2. The minimum atomic E-state index is -0.428. The van der Waals surface area contributed by atoms with Crippen molar-refractivity contribution in [3.63, 3.8) is 0 Å². The highest BCUT2D eigenvalue weighted by molar-refractivity contribution is 6.04. The van der Waals surface area contributed by atoms with Crippen LogP contribution in [0.1, 0.15) is 49.9 Å². The van der Waals surface area contributed by atoms with E-state index in [4.69, 9.17) is 14.2 Å². The standard InChI is InChI=1S/C27H29NO5/c1-6-32-24-12-9-21(26(29)28-23-10-7-20(8-11-23)27(30)31-5)15-22(24)16-33-25-14-17(2)13-18(3)19(25)4/h7-15H,6,16H2,1-5H3,(H,28,29). The molecule has 0 radical (unpaired) electrons. The van der Waals surface area contributed by atoms with Gasteiger partial charge in [0.2, 0.25) is 0 Å². The Bertz CT molecular complexity index is 1150. The lowest BCUT2D eigenvalue weighted by atomic mass is 10.1. The van der Waals surface area contributed by atoms with E-state index in [1.165, 1.54) is 12.7 Å². The summed E-state index contributed by atoms with van der Waals surface area (Å²) in [5.74, 6) is 0.796. The number of nitrogens with one attached hydrogen (secondary N) is 1.